The Morgan fingerprint density at radius 1 is 1.39 bits per heavy atom. The minimum absolute atomic E-state index is 0.171. The lowest BCUT2D eigenvalue weighted by molar-refractivity contribution is -0.117. The first-order valence-corrected chi connectivity index (χ1v) is 9.10. The number of anilines is 1. The number of amides is 1. The van der Waals surface area contributed by atoms with Crippen molar-refractivity contribution in [3.8, 4) is 0 Å². The zero-order valence-electron chi connectivity index (χ0n) is 14.6. The Balaban J connectivity index is 1.96. The Morgan fingerprint density at radius 2 is 2.13 bits per heavy atom. The molecule has 0 spiro atoms. The lowest BCUT2D eigenvalue weighted by Gasteiger charge is -2.41. The second kappa shape index (κ2) is 6.64. The average molecular weight is 315 g/mol. The zero-order chi connectivity index (χ0) is 16.6. The molecule has 0 aromatic heterocycles. The summed E-state index contributed by atoms with van der Waals surface area (Å²) in [6, 6.07) is 6.98. The van der Waals surface area contributed by atoms with Gasteiger partial charge in [-0.1, -0.05) is 26.0 Å². The van der Waals surface area contributed by atoms with Gasteiger partial charge in [-0.05, 0) is 67.1 Å². The second-order valence-electron chi connectivity index (χ2n) is 7.40. The molecule has 1 aliphatic heterocycles. The van der Waals surface area contributed by atoms with E-state index in [0.717, 1.165) is 24.9 Å². The van der Waals surface area contributed by atoms with Crippen molar-refractivity contribution in [2.75, 3.05) is 11.5 Å². The van der Waals surface area contributed by atoms with Crippen molar-refractivity contribution in [1.29, 1.82) is 0 Å². The molecule has 1 aromatic rings. The predicted octanol–water partition coefficient (Wildman–Crippen LogP) is 3.89. The van der Waals surface area contributed by atoms with Gasteiger partial charge in [0.25, 0.3) is 0 Å². The van der Waals surface area contributed by atoms with Crippen LogP contribution in [0, 0.1) is 11.8 Å². The number of carbonyl (C=O) groups excluding carboxylic acids is 1. The van der Waals surface area contributed by atoms with Gasteiger partial charge in [0.2, 0.25) is 5.91 Å². The van der Waals surface area contributed by atoms with E-state index in [-0.39, 0.29) is 12.5 Å². The molecule has 0 bridgehead atoms. The summed E-state index contributed by atoms with van der Waals surface area (Å²) >= 11 is 0. The summed E-state index contributed by atoms with van der Waals surface area (Å²) in [5, 5.41) is 9.27. The molecule has 1 aromatic carbocycles. The molecule has 3 nitrogen and oxygen atoms in total. The Kier molecular flexibility index (Phi) is 4.77. The Hall–Kier alpha value is -1.35. The van der Waals surface area contributed by atoms with Gasteiger partial charge < -0.3 is 10.0 Å². The third-order valence-corrected chi connectivity index (χ3v) is 5.67. The van der Waals surface area contributed by atoms with Gasteiger partial charge in [0, 0.05) is 25.3 Å². The molecular weight excluding hydrogens is 286 g/mol. The molecule has 0 saturated heterocycles. The molecule has 3 atom stereocenters. The van der Waals surface area contributed by atoms with Gasteiger partial charge in [-0.3, -0.25) is 4.79 Å². The van der Waals surface area contributed by atoms with E-state index in [0.29, 0.717) is 23.8 Å². The van der Waals surface area contributed by atoms with Crippen molar-refractivity contribution < 1.29 is 9.90 Å². The van der Waals surface area contributed by atoms with Gasteiger partial charge in [-0.2, -0.15) is 0 Å². The van der Waals surface area contributed by atoms with Crippen molar-refractivity contribution in [2.24, 2.45) is 11.8 Å². The van der Waals surface area contributed by atoms with E-state index in [1.807, 2.05) is 0 Å². The third kappa shape index (κ3) is 3.16. The lowest BCUT2D eigenvalue weighted by Crippen LogP contribution is -2.48. The Bertz CT molecular complexity index is 579. The van der Waals surface area contributed by atoms with Crippen LogP contribution >= 0.6 is 0 Å². The quantitative estimate of drug-likeness (QED) is 0.895. The van der Waals surface area contributed by atoms with Crippen LogP contribution in [0.5, 0.6) is 0 Å². The Labute approximate surface area is 139 Å². The maximum Gasteiger partial charge on any atom is 0.224 e. The van der Waals surface area contributed by atoms with E-state index in [9.17, 15) is 9.90 Å². The maximum absolute atomic E-state index is 12.3. The molecule has 126 valence electrons. The van der Waals surface area contributed by atoms with Crippen LogP contribution in [0.2, 0.25) is 0 Å². The maximum atomic E-state index is 12.3. The van der Waals surface area contributed by atoms with Gasteiger partial charge in [-0.25, -0.2) is 0 Å². The number of rotatable bonds is 5. The third-order valence-electron chi connectivity index (χ3n) is 5.67. The van der Waals surface area contributed by atoms with Crippen molar-refractivity contribution >= 4 is 11.6 Å². The summed E-state index contributed by atoms with van der Waals surface area (Å²) < 4.78 is 0. The van der Waals surface area contributed by atoms with Crippen molar-refractivity contribution in [2.45, 2.75) is 64.8 Å². The first-order chi connectivity index (χ1) is 11.1. The standard InChI is InChI=1S/C20H29NO2/c1-4-15(9-10-22)17-7-8-19-18(12-17)11-13(2)20(16-5-6-16)21(19)14(3)23/h7-8,12-13,15-16,20,22H,4-6,9-11H2,1-3H3/t13?,15?,20-/m1/s1. The highest BCUT2D eigenvalue weighted by Gasteiger charge is 2.43. The molecule has 1 saturated carbocycles. The average Bonchev–Trinajstić information content (AvgIpc) is 3.35. The highest BCUT2D eigenvalue weighted by Crippen LogP contribution is 2.45. The van der Waals surface area contributed by atoms with Crippen LogP contribution in [0.3, 0.4) is 0 Å². The van der Waals surface area contributed by atoms with E-state index in [1.54, 1.807) is 6.92 Å². The molecule has 2 unspecified atom stereocenters. The number of carbonyl (C=O) groups is 1. The summed E-state index contributed by atoms with van der Waals surface area (Å²) in [4.78, 5) is 14.4. The summed E-state index contributed by atoms with van der Waals surface area (Å²) in [5.41, 5.74) is 3.73. The van der Waals surface area contributed by atoms with E-state index in [1.165, 1.54) is 24.0 Å². The first-order valence-electron chi connectivity index (χ1n) is 9.10. The van der Waals surface area contributed by atoms with Crippen LogP contribution in [0.15, 0.2) is 18.2 Å². The molecule has 3 heteroatoms. The highest BCUT2D eigenvalue weighted by atomic mass is 16.3. The largest absolute Gasteiger partial charge is 0.396 e. The van der Waals surface area contributed by atoms with Gasteiger partial charge in [0.15, 0.2) is 0 Å². The number of hydrogen-bond donors (Lipinski definition) is 1. The van der Waals surface area contributed by atoms with Crippen molar-refractivity contribution in [3.05, 3.63) is 29.3 Å². The number of hydrogen-bond acceptors (Lipinski definition) is 2. The number of benzene rings is 1. The molecule has 1 aliphatic carbocycles. The summed E-state index contributed by atoms with van der Waals surface area (Å²) in [6.45, 7) is 6.40. The van der Waals surface area contributed by atoms with E-state index in [4.69, 9.17) is 0 Å². The van der Waals surface area contributed by atoms with Crippen LogP contribution in [0.4, 0.5) is 5.69 Å². The number of fused-ring (bicyclic) bond motifs is 1. The fraction of sp³-hybridized carbons (Fsp3) is 0.650. The van der Waals surface area contributed by atoms with Crippen LogP contribution in [0.25, 0.3) is 0 Å². The monoisotopic (exact) mass is 315 g/mol. The van der Waals surface area contributed by atoms with E-state index < -0.39 is 0 Å². The molecule has 1 N–H and O–H groups in total. The van der Waals surface area contributed by atoms with Crippen LogP contribution < -0.4 is 4.90 Å². The van der Waals surface area contributed by atoms with Crippen LogP contribution in [0.1, 0.15) is 63.5 Å². The minimum atomic E-state index is 0.171. The normalized spacial score (nSPS) is 25.1. The topological polar surface area (TPSA) is 40.5 Å². The molecule has 1 heterocycles. The van der Waals surface area contributed by atoms with Crippen LogP contribution in [-0.2, 0) is 11.2 Å². The predicted molar refractivity (Wildman–Crippen MR) is 93.7 cm³/mol. The molecular formula is C20H29NO2. The first kappa shape index (κ1) is 16.5. The fourth-order valence-electron chi connectivity index (χ4n) is 4.40. The van der Waals surface area contributed by atoms with Gasteiger partial charge in [0.1, 0.15) is 0 Å². The SMILES string of the molecule is CCC(CCO)c1ccc2c(c1)CC(C)[C@H](C1CC1)N2C(C)=O. The van der Waals surface area contributed by atoms with Gasteiger partial charge >= 0.3 is 0 Å². The molecule has 1 fully saturated rings. The minimum Gasteiger partial charge on any atom is -0.396 e. The molecule has 0 radical (unpaired) electrons. The fourth-order valence-corrected chi connectivity index (χ4v) is 4.40. The van der Waals surface area contributed by atoms with Crippen molar-refractivity contribution in [3.63, 3.8) is 0 Å². The number of aliphatic hydroxyl groups is 1. The summed E-state index contributed by atoms with van der Waals surface area (Å²) in [5.74, 6) is 1.80. The Morgan fingerprint density at radius 3 is 2.70 bits per heavy atom. The second-order valence-corrected chi connectivity index (χ2v) is 7.40. The summed E-state index contributed by atoms with van der Waals surface area (Å²) in [6.07, 6.45) is 5.44. The van der Waals surface area contributed by atoms with Gasteiger partial charge in [-0.15, -0.1) is 0 Å². The molecule has 23 heavy (non-hydrogen) atoms. The molecule has 2 aliphatic rings. The zero-order valence-corrected chi connectivity index (χ0v) is 14.6. The molecule has 1 amide bonds. The smallest absolute Gasteiger partial charge is 0.224 e. The van der Waals surface area contributed by atoms with E-state index >= 15 is 0 Å². The van der Waals surface area contributed by atoms with Crippen LogP contribution in [-0.4, -0.2) is 23.7 Å². The summed E-state index contributed by atoms with van der Waals surface area (Å²) in [7, 11) is 0. The lowest BCUT2D eigenvalue weighted by atomic mass is 9.82. The molecule has 3 rings (SSSR count). The number of aliphatic hydroxyl groups excluding tert-OH is 1. The van der Waals surface area contributed by atoms with E-state index in [2.05, 4.69) is 36.9 Å². The highest BCUT2D eigenvalue weighted by molar-refractivity contribution is 5.93. The number of nitrogens with zero attached hydrogens (tertiary/aromatic N) is 1. The van der Waals surface area contributed by atoms with Gasteiger partial charge in [0.05, 0.1) is 0 Å². The van der Waals surface area contributed by atoms with Crippen molar-refractivity contribution in [1.82, 2.24) is 0 Å².